The Bertz CT molecular complexity index is 936. The molecule has 0 aromatic heterocycles. The van der Waals surface area contributed by atoms with Gasteiger partial charge in [-0.3, -0.25) is 0 Å². The Balaban J connectivity index is 2.43. The van der Waals surface area contributed by atoms with E-state index >= 15 is 0 Å². The molecule has 2 aromatic carbocycles. The van der Waals surface area contributed by atoms with Gasteiger partial charge in [0.1, 0.15) is 11.5 Å². The third-order valence-electron chi connectivity index (χ3n) is 4.97. The summed E-state index contributed by atoms with van der Waals surface area (Å²) in [6.45, 7) is 9.75. The van der Waals surface area contributed by atoms with Crippen molar-refractivity contribution in [2.75, 3.05) is 14.2 Å². The standard InChI is InChI=1S/C22H31NO4S/c1-8-19(17-9-10-20(26-6)15(4)11-17)23-28(24,25)22-13-18(14(2)3)21(27-7)12-16(22)5/h9-14,19,23H,8H2,1-7H3. The lowest BCUT2D eigenvalue weighted by atomic mass is 10.0. The van der Waals surface area contributed by atoms with Gasteiger partial charge in [0.25, 0.3) is 0 Å². The van der Waals surface area contributed by atoms with Crippen molar-refractivity contribution in [1.82, 2.24) is 4.72 Å². The van der Waals surface area contributed by atoms with E-state index < -0.39 is 10.0 Å². The van der Waals surface area contributed by atoms with Crippen LogP contribution < -0.4 is 14.2 Å². The molecule has 0 fully saturated rings. The summed E-state index contributed by atoms with van der Waals surface area (Å²) in [5.74, 6) is 1.65. The van der Waals surface area contributed by atoms with E-state index in [1.165, 1.54) is 0 Å². The third kappa shape index (κ3) is 4.67. The second-order valence-corrected chi connectivity index (χ2v) is 9.01. The van der Waals surface area contributed by atoms with Crippen molar-refractivity contribution < 1.29 is 17.9 Å². The smallest absolute Gasteiger partial charge is 0.241 e. The van der Waals surface area contributed by atoms with Crippen LogP contribution in [-0.4, -0.2) is 22.6 Å². The van der Waals surface area contributed by atoms with Gasteiger partial charge in [-0.15, -0.1) is 0 Å². The van der Waals surface area contributed by atoms with Crippen LogP contribution in [0.1, 0.15) is 61.4 Å². The molecule has 2 aromatic rings. The average molecular weight is 406 g/mol. The lowest BCUT2D eigenvalue weighted by Gasteiger charge is -2.21. The maximum Gasteiger partial charge on any atom is 0.241 e. The Hall–Kier alpha value is -2.05. The fourth-order valence-electron chi connectivity index (χ4n) is 3.35. The summed E-state index contributed by atoms with van der Waals surface area (Å²) >= 11 is 0. The number of nitrogens with one attached hydrogen (secondary N) is 1. The predicted octanol–water partition coefficient (Wildman–Crippen LogP) is 4.87. The predicted molar refractivity (Wildman–Crippen MR) is 113 cm³/mol. The molecule has 1 N–H and O–H groups in total. The van der Waals surface area contributed by atoms with E-state index in [0.29, 0.717) is 22.6 Å². The van der Waals surface area contributed by atoms with Crippen LogP contribution in [0, 0.1) is 13.8 Å². The van der Waals surface area contributed by atoms with Crippen LogP contribution in [0.25, 0.3) is 0 Å². The third-order valence-corrected chi connectivity index (χ3v) is 6.58. The summed E-state index contributed by atoms with van der Waals surface area (Å²) in [5, 5.41) is 0. The fraction of sp³-hybridized carbons (Fsp3) is 0.455. The van der Waals surface area contributed by atoms with E-state index in [-0.39, 0.29) is 12.0 Å². The molecule has 1 atom stereocenters. The molecule has 0 saturated heterocycles. The first-order valence-corrected chi connectivity index (χ1v) is 11.0. The molecule has 0 aliphatic rings. The number of aryl methyl sites for hydroxylation is 2. The molecule has 0 saturated carbocycles. The van der Waals surface area contributed by atoms with E-state index in [9.17, 15) is 8.42 Å². The van der Waals surface area contributed by atoms with Gasteiger partial charge in [-0.1, -0.05) is 32.9 Å². The number of methoxy groups -OCH3 is 2. The topological polar surface area (TPSA) is 64.6 Å². The number of ether oxygens (including phenoxy) is 2. The first-order chi connectivity index (χ1) is 13.1. The zero-order valence-electron chi connectivity index (χ0n) is 17.8. The highest BCUT2D eigenvalue weighted by Gasteiger charge is 2.24. The molecule has 6 heteroatoms. The molecule has 1 unspecified atom stereocenters. The number of benzene rings is 2. The van der Waals surface area contributed by atoms with Gasteiger partial charge in [-0.05, 0) is 66.6 Å². The Morgan fingerprint density at radius 2 is 1.61 bits per heavy atom. The number of hydrogen-bond acceptors (Lipinski definition) is 4. The highest BCUT2D eigenvalue weighted by molar-refractivity contribution is 7.89. The molecule has 5 nitrogen and oxygen atoms in total. The maximum absolute atomic E-state index is 13.2. The largest absolute Gasteiger partial charge is 0.496 e. The van der Waals surface area contributed by atoms with Crippen LogP contribution in [0.5, 0.6) is 11.5 Å². The Labute approximate surface area is 169 Å². The Morgan fingerprint density at radius 1 is 0.964 bits per heavy atom. The van der Waals surface area contributed by atoms with Crippen molar-refractivity contribution in [1.29, 1.82) is 0 Å². The van der Waals surface area contributed by atoms with Gasteiger partial charge in [-0.2, -0.15) is 0 Å². The van der Waals surface area contributed by atoms with Gasteiger partial charge in [-0.25, -0.2) is 13.1 Å². The molecular formula is C22H31NO4S. The molecule has 0 aliphatic heterocycles. The zero-order valence-corrected chi connectivity index (χ0v) is 18.6. The van der Waals surface area contributed by atoms with Gasteiger partial charge >= 0.3 is 0 Å². The van der Waals surface area contributed by atoms with Crippen LogP contribution in [-0.2, 0) is 10.0 Å². The number of hydrogen-bond donors (Lipinski definition) is 1. The summed E-state index contributed by atoms with van der Waals surface area (Å²) < 4.78 is 40.0. The van der Waals surface area contributed by atoms with E-state index in [1.807, 2.05) is 45.9 Å². The monoisotopic (exact) mass is 405 g/mol. The summed E-state index contributed by atoms with van der Waals surface area (Å²) in [5.41, 5.74) is 3.43. The second kappa shape index (κ2) is 8.97. The van der Waals surface area contributed by atoms with Gasteiger partial charge < -0.3 is 9.47 Å². The van der Waals surface area contributed by atoms with Gasteiger partial charge in [0.2, 0.25) is 10.0 Å². The lowest BCUT2D eigenvalue weighted by Crippen LogP contribution is -2.29. The normalized spacial score (nSPS) is 12.9. The Kier molecular flexibility index (Phi) is 7.12. The molecule has 0 bridgehead atoms. The van der Waals surface area contributed by atoms with Crippen LogP contribution in [0.15, 0.2) is 35.2 Å². The quantitative estimate of drug-likeness (QED) is 0.680. The average Bonchev–Trinajstić information content (AvgIpc) is 2.65. The highest BCUT2D eigenvalue weighted by atomic mass is 32.2. The Morgan fingerprint density at radius 3 is 2.11 bits per heavy atom. The van der Waals surface area contributed by atoms with Crippen molar-refractivity contribution in [2.24, 2.45) is 0 Å². The molecule has 28 heavy (non-hydrogen) atoms. The molecule has 0 heterocycles. The second-order valence-electron chi connectivity index (χ2n) is 7.33. The lowest BCUT2D eigenvalue weighted by molar-refractivity contribution is 0.406. The highest BCUT2D eigenvalue weighted by Crippen LogP contribution is 2.32. The summed E-state index contributed by atoms with van der Waals surface area (Å²) in [6.07, 6.45) is 0.636. The van der Waals surface area contributed by atoms with Crippen LogP contribution >= 0.6 is 0 Å². The summed E-state index contributed by atoms with van der Waals surface area (Å²) in [4.78, 5) is 0.292. The molecule has 2 rings (SSSR count). The molecule has 0 amide bonds. The van der Waals surface area contributed by atoms with Crippen molar-refractivity contribution >= 4 is 10.0 Å². The molecule has 0 spiro atoms. The summed E-state index contributed by atoms with van der Waals surface area (Å²) in [7, 11) is -0.468. The fourth-order valence-corrected chi connectivity index (χ4v) is 4.92. The van der Waals surface area contributed by atoms with E-state index in [2.05, 4.69) is 4.72 Å². The minimum absolute atomic E-state index is 0.149. The first kappa shape index (κ1) is 22.2. The number of sulfonamides is 1. The minimum atomic E-state index is -3.70. The molecule has 154 valence electrons. The van der Waals surface area contributed by atoms with Gasteiger partial charge in [0.05, 0.1) is 19.1 Å². The van der Waals surface area contributed by atoms with Crippen molar-refractivity contribution in [3.05, 3.63) is 52.6 Å². The van der Waals surface area contributed by atoms with Gasteiger partial charge in [0.15, 0.2) is 0 Å². The minimum Gasteiger partial charge on any atom is -0.496 e. The molecule has 0 radical (unpaired) electrons. The van der Waals surface area contributed by atoms with Gasteiger partial charge in [0, 0.05) is 6.04 Å². The SMILES string of the molecule is CCC(NS(=O)(=O)c1cc(C(C)C)c(OC)cc1C)c1ccc(OC)c(C)c1. The van der Waals surface area contributed by atoms with E-state index in [4.69, 9.17) is 9.47 Å². The first-order valence-electron chi connectivity index (χ1n) is 9.50. The van der Waals surface area contributed by atoms with Crippen LogP contribution in [0.4, 0.5) is 0 Å². The van der Waals surface area contributed by atoms with Crippen LogP contribution in [0.3, 0.4) is 0 Å². The molecule has 0 aliphatic carbocycles. The maximum atomic E-state index is 13.2. The van der Waals surface area contributed by atoms with Crippen LogP contribution in [0.2, 0.25) is 0 Å². The molecular weight excluding hydrogens is 374 g/mol. The van der Waals surface area contributed by atoms with E-state index in [0.717, 1.165) is 22.4 Å². The van der Waals surface area contributed by atoms with Crippen molar-refractivity contribution in [3.63, 3.8) is 0 Å². The number of rotatable bonds is 8. The van der Waals surface area contributed by atoms with E-state index in [1.54, 1.807) is 33.3 Å². The zero-order chi connectivity index (χ0) is 21.1. The van der Waals surface area contributed by atoms with Crippen molar-refractivity contribution in [2.45, 2.75) is 57.9 Å². The summed E-state index contributed by atoms with van der Waals surface area (Å²) in [6, 6.07) is 8.95. The van der Waals surface area contributed by atoms with Crippen molar-refractivity contribution in [3.8, 4) is 11.5 Å².